The number of hydrogen-bond acceptors (Lipinski definition) is 6. The van der Waals surface area contributed by atoms with Crippen LogP contribution in [-0.4, -0.2) is 59.0 Å². The van der Waals surface area contributed by atoms with E-state index in [0.717, 1.165) is 4.31 Å². The molecule has 2 amide bonds. The number of sulfonamides is 1. The molecule has 9 nitrogen and oxygen atoms in total. The number of amides is 2. The van der Waals surface area contributed by atoms with Crippen LogP contribution in [-0.2, 0) is 26.2 Å². The van der Waals surface area contributed by atoms with Crippen molar-refractivity contribution in [1.29, 1.82) is 0 Å². The first-order valence-electron chi connectivity index (χ1n) is 12.3. The summed E-state index contributed by atoms with van der Waals surface area (Å²) in [7, 11) is 0.144. The maximum absolute atomic E-state index is 14.0. The zero-order valence-corrected chi connectivity index (χ0v) is 24.9. The van der Waals surface area contributed by atoms with E-state index in [1.165, 1.54) is 50.4 Å². The molecule has 0 unspecified atom stereocenters. The van der Waals surface area contributed by atoms with Crippen LogP contribution in [0.15, 0.2) is 71.6 Å². The van der Waals surface area contributed by atoms with E-state index in [2.05, 4.69) is 5.32 Å². The van der Waals surface area contributed by atoms with Gasteiger partial charge in [0.15, 0.2) is 11.5 Å². The first-order valence-corrected chi connectivity index (χ1v) is 14.5. The van der Waals surface area contributed by atoms with Crippen molar-refractivity contribution < 1.29 is 27.5 Å². The molecule has 3 aromatic rings. The first kappa shape index (κ1) is 31.1. The van der Waals surface area contributed by atoms with E-state index >= 15 is 0 Å². The Balaban J connectivity index is 2.11. The van der Waals surface area contributed by atoms with Crippen LogP contribution in [0.2, 0.25) is 10.0 Å². The molecule has 3 aromatic carbocycles. The number of rotatable bonds is 12. The van der Waals surface area contributed by atoms with Crippen molar-refractivity contribution >= 4 is 50.7 Å². The zero-order valence-electron chi connectivity index (χ0n) is 22.6. The molecule has 0 bridgehead atoms. The first-order chi connectivity index (χ1) is 19.1. The summed E-state index contributed by atoms with van der Waals surface area (Å²) in [5, 5.41) is 3.22. The van der Waals surface area contributed by atoms with E-state index in [1.807, 2.05) is 0 Å². The topological polar surface area (TPSA) is 105 Å². The Bertz CT molecular complexity index is 1450. The molecule has 1 atom stereocenters. The summed E-state index contributed by atoms with van der Waals surface area (Å²) in [6.07, 6.45) is 0.286. The fourth-order valence-electron chi connectivity index (χ4n) is 4.15. The molecule has 0 aliphatic rings. The lowest BCUT2D eigenvalue weighted by atomic mass is 10.1. The predicted octanol–water partition coefficient (Wildman–Crippen LogP) is 4.76. The molecule has 0 aliphatic heterocycles. The molecule has 0 radical (unpaired) electrons. The minimum absolute atomic E-state index is 0.00714. The number of methoxy groups -OCH3 is 2. The molecule has 0 aliphatic carbocycles. The summed E-state index contributed by atoms with van der Waals surface area (Å²) in [5.74, 6) is -0.318. The molecular weight excluding hydrogens is 577 g/mol. The van der Waals surface area contributed by atoms with Gasteiger partial charge in [0.1, 0.15) is 12.6 Å². The van der Waals surface area contributed by atoms with Gasteiger partial charge in [-0.05, 0) is 48.4 Å². The number of hydrogen-bond donors (Lipinski definition) is 1. The van der Waals surface area contributed by atoms with Crippen molar-refractivity contribution in [3.8, 4) is 11.5 Å². The van der Waals surface area contributed by atoms with Gasteiger partial charge >= 0.3 is 0 Å². The van der Waals surface area contributed by atoms with Gasteiger partial charge in [0.25, 0.3) is 10.0 Å². The van der Waals surface area contributed by atoms with Crippen molar-refractivity contribution in [1.82, 2.24) is 10.2 Å². The van der Waals surface area contributed by atoms with Crippen LogP contribution in [0.4, 0.5) is 5.69 Å². The Morgan fingerprint density at radius 3 is 2.17 bits per heavy atom. The smallest absolute Gasteiger partial charge is 0.264 e. The number of anilines is 1. The van der Waals surface area contributed by atoms with E-state index in [-0.39, 0.29) is 40.2 Å². The quantitative estimate of drug-likeness (QED) is 0.318. The lowest BCUT2D eigenvalue weighted by molar-refractivity contribution is -0.140. The van der Waals surface area contributed by atoms with Crippen LogP contribution in [0, 0.1) is 0 Å². The van der Waals surface area contributed by atoms with E-state index < -0.39 is 28.5 Å². The van der Waals surface area contributed by atoms with Gasteiger partial charge in [-0.3, -0.25) is 13.9 Å². The van der Waals surface area contributed by atoms with E-state index in [9.17, 15) is 18.0 Å². The van der Waals surface area contributed by atoms with Gasteiger partial charge in [0.2, 0.25) is 11.8 Å². The zero-order chi connectivity index (χ0) is 29.4. The predicted molar refractivity (Wildman–Crippen MR) is 156 cm³/mol. The lowest BCUT2D eigenvalue weighted by Crippen LogP contribution is -2.51. The molecule has 0 fully saturated rings. The summed E-state index contributed by atoms with van der Waals surface area (Å²) in [5.41, 5.74) is 0.797. The largest absolute Gasteiger partial charge is 0.493 e. The summed E-state index contributed by atoms with van der Waals surface area (Å²) in [6, 6.07) is 16.3. The maximum Gasteiger partial charge on any atom is 0.264 e. The van der Waals surface area contributed by atoms with Crippen molar-refractivity contribution in [2.24, 2.45) is 0 Å². The number of nitrogens with zero attached hydrogens (tertiary/aromatic N) is 2. The third-order valence-corrected chi connectivity index (χ3v) is 8.76. The highest BCUT2D eigenvalue weighted by molar-refractivity contribution is 7.92. The van der Waals surface area contributed by atoms with E-state index in [0.29, 0.717) is 16.3 Å². The van der Waals surface area contributed by atoms with E-state index in [4.69, 9.17) is 32.7 Å². The van der Waals surface area contributed by atoms with Crippen molar-refractivity contribution in [2.75, 3.05) is 32.1 Å². The molecule has 0 saturated carbocycles. The maximum atomic E-state index is 14.0. The van der Waals surface area contributed by atoms with Gasteiger partial charge in [-0.1, -0.05) is 54.4 Å². The lowest BCUT2D eigenvalue weighted by Gasteiger charge is -2.33. The SMILES string of the molecule is CC[C@@H](C(=O)NC)N(Cc1ccc(Cl)c(Cl)c1)C(=O)CN(c1ccc(OC)c(OC)c1)S(=O)(=O)c1ccccc1. The number of ether oxygens (including phenoxy) is 2. The van der Waals surface area contributed by atoms with Gasteiger partial charge in [-0.2, -0.15) is 0 Å². The Morgan fingerprint density at radius 2 is 1.60 bits per heavy atom. The van der Waals surface area contributed by atoms with Gasteiger partial charge in [-0.25, -0.2) is 8.42 Å². The molecule has 40 heavy (non-hydrogen) atoms. The molecule has 0 spiro atoms. The fraction of sp³-hybridized carbons (Fsp3) is 0.286. The normalized spacial score (nSPS) is 11.8. The highest BCUT2D eigenvalue weighted by Gasteiger charge is 2.33. The van der Waals surface area contributed by atoms with Crippen LogP contribution in [0.25, 0.3) is 0 Å². The molecular formula is C28H31Cl2N3O6S. The van der Waals surface area contributed by atoms with Gasteiger partial charge in [0, 0.05) is 19.7 Å². The van der Waals surface area contributed by atoms with Crippen LogP contribution >= 0.6 is 23.2 Å². The second kappa shape index (κ2) is 13.7. The van der Waals surface area contributed by atoms with Crippen LogP contribution in [0.3, 0.4) is 0 Å². The third-order valence-electron chi connectivity index (χ3n) is 6.23. The van der Waals surface area contributed by atoms with Crippen molar-refractivity contribution in [2.45, 2.75) is 30.8 Å². The van der Waals surface area contributed by atoms with Gasteiger partial charge in [0.05, 0.1) is 34.8 Å². The number of carbonyl (C=O) groups excluding carboxylic acids is 2. The molecule has 0 saturated heterocycles. The van der Waals surface area contributed by atoms with Crippen molar-refractivity contribution in [3.63, 3.8) is 0 Å². The Morgan fingerprint density at radius 1 is 0.925 bits per heavy atom. The summed E-state index contributed by atoms with van der Waals surface area (Å²) >= 11 is 12.3. The average Bonchev–Trinajstić information content (AvgIpc) is 2.97. The Labute approximate surface area is 244 Å². The van der Waals surface area contributed by atoms with Crippen LogP contribution in [0.5, 0.6) is 11.5 Å². The highest BCUT2D eigenvalue weighted by Crippen LogP contribution is 2.34. The molecule has 0 aromatic heterocycles. The molecule has 0 heterocycles. The number of carbonyl (C=O) groups is 2. The second-order valence-electron chi connectivity index (χ2n) is 8.67. The molecule has 12 heteroatoms. The summed E-state index contributed by atoms with van der Waals surface area (Å²) in [4.78, 5) is 28.1. The average molecular weight is 609 g/mol. The van der Waals surface area contributed by atoms with Gasteiger partial charge < -0.3 is 19.7 Å². The number of benzene rings is 3. The molecule has 1 N–H and O–H groups in total. The standard InChI is InChI=1S/C28H31Cl2N3O6S/c1-5-24(28(35)31-2)32(17-19-11-13-22(29)23(30)15-19)27(34)18-33(40(36,37)21-9-7-6-8-10-21)20-12-14-25(38-3)26(16-20)39-4/h6-16,24H,5,17-18H2,1-4H3,(H,31,35)/t24-/m0/s1. The van der Waals surface area contributed by atoms with Crippen LogP contribution < -0.4 is 19.1 Å². The molecule has 3 rings (SSSR count). The monoisotopic (exact) mass is 607 g/mol. The summed E-state index contributed by atoms with van der Waals surface area (Å²) < 4.78 is 39.4. The minimum atomic E-state index is -4.22. The number of likely N-dealkylation sites (N-methyl/N-ethyl adjacent to an activating group) is 1. The third kappa shape index (κ3) is 6.99. The van der Waals surface area contributed by atoms with Crippen LogP contribution in [0.1, 0.15) is 18.9 Å². The van der Waals surface area contributed by atoms with Crippen molar-refractivity contribution in [3.05, 3.63) is 82.3 Å². The van der Waals surface area contributed by atoms with E-state index in [1.54, 1.807) is 49.4 Å². The minimum Gasteiger partial charge on any atom is -0.493 e. The van der Waals surface area contributed by atoms with Gasteiger partial charge in [-0.15, -0.1) is 0 Å². The second-order valence-corrected chi connectivity index (χ2v) is 11.3. The fourth-order valence-corrected chi connectivity index (χ4v) is 5.90. The number of nitrogens with one attached hydrogen (secondary N) is 1. The highest BCUT2D eigenvalue weighted by atomic mass is 35.5. The molecule has 214 valence electrons. The Kier molecular flexibility index (Phi) is 10.7. The Hall–Kier alpha value is -3.47. The number of halogens is 2. The summed E-state index contributed by atoms with van der Waals surface area (Å²) in [6.45, 7) is 1.16.